The lowest BCUT2D eigenvalue weighted by atomic mass is 9.79. The van der Waals surface area contributed by atoms with Crippen LogP contribution >= 0.6 is 11.6 Å². The molecule has 0 spiro atoms. The Hall–Kier alpha value is -4.91. The number of hydrogen-bond donors (Lipinski definition) is 1. The highest BCUT2D eigenvalue weighted by molar-refractivity contribution is 6.30. The van der Waals surface area contributed by atoms with Gasteiger partial charge in [0.2, 0.25) is 11.7 Å². The molecule has 0 amide bonds. The van der Waals surface area contributed by atoms with Gasteiger partial charge < -0.3 is 15.0 Å². The van der Waals surface area contributed by atoms with Crippen LogP contribution in [0.3, 0.4) is 0 Å². The van der Waals surface area contributed by atoms with E-state index >= 15 is 0 Å². The first-order chi connectivity index (χ1) is 22.3. The molecule has 230 valence electrons. The smallest absolute Gasteiger partial charge is 0.260 e. The molecule has 7 rings (SSSR count). The van der Waals surface area contributed by atoms with E-state index in [9.17, 15) is 0 Å². The van der Waals surface area contributed by atoms with E-state index in [4.69, 9.17) is 31.6 Å². The van der Waals surface area contributed by atoms with Crippen LogP contribution in [0.25, 0.3) is 23.0 Å². The maximum atomic E-state index is 6.84. The zero-order valence-corrected chi connectivity index (χ0v) is 26.8. The summed E-state index contributed by atoms with van der Waals surface area (Å²) in [6, 6.07) is 35.2. The Balaban J connectivity index is 1.37. The van der Waals surface area contributed by atoms with Crippen molar-refractivity contribution in [3.05, 3.63) is 165 Å². The lowest BCUT2D eigenvalue weighted by Crippen LogP contribution is -2.39. The molecule has 0 radical (unpaired) electrons. The third-order valence-electron chi connectivity index (χ3n) is 8.86. The second kappa shape index (κ2) is 12.5. The molecule has 0 saturated carbocycles. The number of ether oxygens (including phenoxy) is 1. The molecule has 2 aliphatic heterocycles. The molecule has 1 aromatic heterocycles. The summed E-state index contributed by atoms with van der Waals surface area (Å²) in [4.78, 5) is 7.31. The molecule has 2 atom stereocenters. The van der Waals surface area contributed by atoms with E-state index in [0.717, 1.165) is 33.6 Å². The highest BCUT2D eigenvalue weighted by Crippen LogP contribution is 2.48. The van der Waals surface area contributed by atoms with E-state index < -0.39 is 0 Å². The van der Waals surface area contributed by atoms with Crippen molar-refractivity contribution < 1.29 is 9.26 Å². The minimum atomic E-state index is -0.268. The van der Waals surface area contributed by atoms with Crippen molar-refractivity contribution in [2.75, 3.05) is 13.1 Å². The Morgan fingerprint density at radius 2 is 1.54 bits per heavy atom. The highest BCUT2D eigenvalue weighted by atomic mass is 35.5. The van der Waals surface area contributed by atoms with Gasteiger partial charge in [-0.2, -0.15) is 4.98 Å². The van der Waals surface area contributed by atoms with Crippen molar-refractivity contribution >= 4 is 23.3 Å². The van der Waals surface area contributed by atoms with Gasteiger partial charge in [-0.15, -0.1) is 0 Å². The van der Waals surface area contributed by atoms with Crippen LogP contribution in [0.15, 0.2) is 130 Å². The van der Waals surface area contributed by atoms with Crippen molar-refractivity contribution in [1.82, 2.24) is 15.0 Å². The summed E-state index contributed by atoms with van der Waals surface area (Å²) >= 11 is 6.13. The van der Waals surface area contributed by atoms with Gasteiger partial charge in [-0.05, 0) is 73.4 Å². The van der Waals surface area contributed by atoms with E-state index in [1.165, 1.54) is 16.7 Å². The van der Waals surface area contributed by atoms with E-state index in [0.29, 0.717) is 35.4 Å². The molecule has 0 aliphatic carbocycles. The van der Waals surface area contributed by atoms with Gasteiger partial charge in [0.15, 0.2) is 0 Å². The molecule has 1 unspecified atom stereocenters. The summed E-state index contributed by atoms with van der Waals surface area (Å²) in [5.74, 6) is 1.58. The van der Waals surface area contributed by atoms with Crippen molar-refractivity contribution in [3.63, 3.8) is 0 Å². The van der Waals surface area contributed by atoms with Crippen LogP contribution in [0.1, 0.15) is 52.6 Å². The number of hydrogen-bond acceptors (Lipinski definition) is 6. The molecule has 3 heterocycles. The number of allylic oxidation sites excluding steroid dienone is 1. The fourth-order valence-corrected chi connectivity index (χ4v) is 6.40. The summed E-state index contributed by atoms with van der Waals surface area (Å²) in [6.45, 7) is 7.82. The number of halogens is 1. The Kier molecular flexibility index (Phi) is 8.07. The second-order valence-electron chi connectivity index (χ2n) is 12.1. The summed E-state index contributed by atoms with van der Waals surface area (Å²) < 4.78 is 12.5. The lowest BCUT2D eigenvalue weighted by Gasteiger charge is -2.41. The number of aromatic nitrogens is 2. The Bertz CT molecular complexity index is 1960. The van der Waals surface area contributed by atoms with E-state index in [1.807, 2.05) is 24.3 Å². The minimum Gasteiger partial charge on any atom is -0.441 e. The van der Waals surface area contributed by atoms with Gasteiger partial charge in [0.05, 0.1) is 5.57 Å². The molecule has 2 aliphatic rings. The third-order valence-corrected chi connectivity index (χ3v) is 9.11. The van der Waals surface area contributed by atoms with Gasteiger partial charge in [-0.3, -0.25) is 4.90 Å². The van der Waals surface area contributed by atoms with Crippen LogP contribution in [0.5, 0.6) is 0 Å². The summed E-state index contributed by atoms with van der Waals surface area (Å²) in [7, 11) is 0. The quantitative estimate of drug-likeness (QED) is 0.203. The van der Waals surface area contributed by atoms with Gasteiger partial charge in [0, 0.05) is 41.2 Å². The monoisotopic (exact) mass is 626 g/mol. The van der Waals surface area contributed by atoms with Crippen molar-refractivity contribution in [1.29, 1.82) is 0 Å². The van der Waals surface area contributed by atoms with Crippen LogP contribution in [0, 0.1) is 13.8 Å². The fourth-order valence-electron chi connectivity index (χ4n) is 6.27. The minimum absolute atomic E-state index is 0.155. The van der Waals surface area contributed by atoms with Crippen LogP contribution in [0.2, 0.25) is 5.02 Å². The maximum Gasteiger partial charge on any atom is 0.260 e. The zero-order chi connectivity index (χ0) is 31.8. The highest BCUT2D eigenvalue weighted by Gasteiger charge is 2.41. The van der Waals surface area contributed by atoms with Crippen LogP contribution in [-0.2, 0) is 4.74 Å². The first kappa shape index (κ1) is 29.8. The van der Waals surface area contributed by atoms with Crippen molar-refractivity contribution in [3.8, 4) is 11.4 Å². The van der Waals surface area contributed by atoms with Crippen LogP contribution < -0.4 is 5.73 Å². The van der Waals surface area contributed by atoms with Gasteiger partial charge in [-0.25, -0.2) is 0 Å². The van der Waals surface area contributed by atoms with Gasteiger partial charge in [0.1, 0.15) is 5.76 Å². The average molecular weight is 627 g/mol. The first-order valence-corrected chi connectivity index (χ1v) is 15.9. The molecule has 0 saturated heterocycles. The molecule has 7 heteroatoms. The molecule has 46 heavy (non-hydrogen) atoms. The second-order valence-corrected chi connectivity index (χ2v) is 12.5. The number of aryl methyl sites for hydroxylation is 2. The SMILES string of the molecule is Cc1ccc(/C=C2\CN([C@H](C)c3ccccc3)CC3=C2OC(N)=C(c2nc(-c4ccc(Cl)cc4)no2)C3c2ccc(C)cc2)cc1. The van der Waals surface area contributed by atoms with E-state index in [2.05, 4.69) is 116 Å². The normalized spacial score (nSPS) is 18.4. The third kappa shape index (κ3) is 5.89. The summed E-state index contributed by atoms with van der Waals surface area (Å²) in [5.41, 5.74) is 16.3. The molecule has 5 aromatic rings. The molecule has 0 fully saturated rings. The Labute approximate surface area is 274 Å². The first-order valence-electron chi connectivity index (χ1n) is 15.5. The zero-order valence-electron chi connectivity index (χ0n) is 26.1. The average Bonchev–Trinajstić information content (AvgIpc) is 3.56. The van der Waals surface area contributed by atoms with Gasteiger partial charge in [0.25, 0.3) is 5.89 Å². The number of rotatable bonds is 6. The van der Waals surface area contributed by atoms with Crippen molar-refractivity contribution in [2.24, 2.45) is 5.73 Å². The molecular formula is C39H35ClN4O2. The van der Waals surface area contributed by atoms with E-state index in [-0.39, 0.29) is 17.8 Å². The molecular weight excluding hydrogens is 592 g/mol. The van der Waals surface area contributed by atoms with Crippen LogP contribution in [-0.4, -0.2) is 28.1 Å². The fraction of sp³-hybridized carbons (Fsp3) is 0.179. The summed E-state index contributed by atoms with van der Waals surface area (Å²) in [5, 5.41) is 4.96. The largest absolute Gasteiger partial charge is 0.441 e. The topological polar surface area (TPSA) is 77.4 Å². The number of benzene rings is 4. The maximum absolute atomic E-state index is 6.84. The molecule has 2 N–H and O–H groups in total. The van der Waals surface area contributed by atoms with Gasteiger partial charge in [-0.1, -0.05) is 107 Å². The van der Waals surface area contributed by atoms with Crippen molar-refractivity contribution in [2.45, 2.75) is 32.7 Å². The number of nitrogens with two attached hydrogens (primary N) is 1. The van der Waals surface area contributed by atoms with Gasteiger partial charge >= 0.3 is 0 Å². The summed E-state index contributed by atoms with van der Waals surface area (Å²) in [6.07, 6.45) is 2.22. The predicted molar refractivity (Wildman–Crippen MR) is 183 cm³/mol. The predicted octanol–water partition coefficient (Wildman–Crippen LogP) is 8.86. The lowest BCUT2D eigenvalue weighted by molar-refractivity contribution is 0.203. The van der Waals surface area contributed by atoms with E-state index in [1.54, 1.807) is 0 Å². The van der Waals surface area contributed by atoms with Crippen LogP contribution in [0.4, 0.5) is 0 Å². The number of nitrogens with zero attached hydrogens (tertiary/aromatic N) is 3. The molecule has 4 aromatic carbocycles. The molecule has 0 bridgehead atoms. The Morgan fingerprint density at radius 1 is 0.870 bits per heavy atom. The molecule has 6 nitrogen and oxygen atoms in total. The Morgan fingerprint density at radius 3 is 2.24 bits per heavy atom. The standard InChI is InChI=1S/C39H35ClN4O2/c1-24-9-13-27(14-10-24)21-31-22-44(26(3)28-7-5-4-6-8-28)23-33-34(29-15-11-25(2)12-16-29)35(37(41)45-36(31)33)39-42-38(43-46-39)30-17-19-32(40)20-18-30/h4-21,26,34H,22-23,41H2,1-3H3/b31-21+/t26-,34?/m1/s1.